The van der Waals surface area contributed by atoms with Gasteiger partial charge in [-0.2, -0.15) is 0 Å². The van der Waals surface area contributed by atoms with Gasteiger partial charge in [0.15, 0.2) is 0 Å². The lowest BCUT2D eigenvalue weighted by Gasteiger charge is -2.10. The van der Waals surface area contributed by atoms with Gasteiger partial charge in [0.25, 0.3) is 0 Å². The predicted octanol–water partition coefficient (Wildman–Crippen LogP) is 2.97. The Morgan fingerprint density at radius 1 is 1.32 bits per heavy atom. The van der Waals surface area contributed by atoms with Crippen LogP contribution in [0, 0.1) is 13.8 Å². The fourth-order valence-corrected chi connectivity index (χ4v) is 3.21. The fraction of sp³-hybridized carbons (Fsp3) is 0.333. The standard InChI is InChI=1S/C15H17N3S/c1-10-9-19-15(18-10)13-5-3-4-12(11(13)2)8-14-16-6-7-17-14/h3-5,9H,6-8H2,1-2H3,(H,16,17). The lowest BCUT2D eigenvalue weighted by molar-refractivity contribution is 0.953. The molecule has 1 aromatic carbocycles. The maximum absolute atomic E-state index is 4.59. The smallest absolute Gasteiger partial charge is 0.123 e. The van der Waals surface area contributed by atoms with E-state index in [-0.39, 0.29) is 0 Å². The summed E-state index contributed by atoms with van der Waals surface area (Å²) in [6.45, 7) is 6.09. The van der Waals surface area contributed by atoms with E-state index in [0.29, 0.717) is 0 Å². The van der Waals surface area contributed by atoms with E-state index in [1.54, 1.807) is 11.3 Å². The number of amidine groups is 1. The largest absolute Gasteiger partial charge is 0.372 e. The summed E-state index contributed by atoms with van der Waals surface area (Å²) >= 11 is 1.71. The second kappa shape index (κ2) is 5.13. The van der Waals surface area contributed by atoms with E-state index in [0.717, 1.165) is 36.0 Å². The quantitative estimate of drug-likeness (QED) is 0.932. The summed E-state index contributed by atoms with van der Waals surface area (Å²) in [5.74, 6) is 1.11. The molecule has 3 nitrogen and oxygen atoms in total. The molecule has 1 aromatic heterocycles. The van der Waals surface area contributed by atoms with E-state index in [2.05, 4.69) is 45.8 Å². The average Bonchev–Trinajstić information content (AvgIpc) is 3.03. The summed E-state index contributed by atoms with van der Waals surface area (Å²) in [7, 11) is 0. The number of hydrogen-bond donors (Lipinski definition) is 1. The van der Waals surface area contributed by atoms with E-state index in [4.69, 9.17) is 0 Å². The second-order valence-electron chi connectivity index (χ2n) is 4.82. The molecule has 1 aliphatic rings. The van der Waals surface area contributed by atoms with Gasteiger partial charge >= 0.3 is 0 Å². The highest BCUT2D eigenvalue weighted by Gasteiger charge is 2.12. The molecule has 3 rings (SSSR count). The Morgan fingerprint density at radius 2 is 2.21 bits per heavy atom. The second-order valence-corrected chi connectivity index (χ2v) is 5.67. The number of aliphatic imine (C=N–C) groups is 1. The zero-order valence-electron chi connectivity index (χ0n) is 11.2. The Morgan fingerprint density at radius 3 is 2.89 bits per heavy atom. The van der Waals surface area contributed by atoms with Crippen LogP contribution in [0.15, 0.2) is 28.6 Å². The van der Waals surface area contributed by atoms with E-state index in [9.17, 15) is 0 Å². The normalized spacial score (nSPS) is 14.3. The fourth-order valence-electron chi connectivity index (χ4n) is 2.33. The maximum Gasteiger partial charge on any atom is 0.123 e. The van der Waals surface area contributed by atoms with Crippen molar-refractivity contribution in [1.29, 1.82) is 0 Å². The van der Waals surface area contributed by atoms with E-state index in [1.807, 2.05) is 6.92 Å². The highest BCUT2D eigenvalue weighted by molar-refractivity contribution is 7.13. The van der Waals surface area contributed by atoms with Crippen LogP contribution >= 0.6 is 11.3 Å². The zero-order valence-corrected chi connectivity index (χ0v) is 12.0. The molecule has 0 unspecified atom stereocenters. The third-order valence-electron chi connectivity index (χ3n) is 3.40. The summed E-state index contributed by atoms with van der Waals surface area (Å²) in [4.78, 5) is 9.06. The first-order chi connectivity index (χ1) is 9.24. The number of rotatable bonds is 3. The van der Waals surface area contributed by atoms with Gasteiger partial charge in [-0.3, -0.25) is 4.99 Å². The molecule has 2 aromatic rings. The first-order valence-electron chi connectivity index (χ1n) is 6.52. The molecule has 0 saturated carbocycles. The Kier molecular flexibility index (Phi) is 3.34. The zero-order chi connectivity index (χ0) is 13.2. The topological polar surface area (TPSA) is 37.3 Å². The molecule has 0 fully saturated rings. The van der Waals surface area contributed by atoms with Crippen LogP contribution in [0.1, 0.15) is 16.8 Å². The number of aryl methyl sites for hydroxylation is 1. The van der Waals surface area contributed by atoms with E-state index >= 15 is 0 Å². The minimum absolute atomic E-state index is 0.893. The van der Waals surface area contributed by atoms with E-state index < -0.39 is 0 Å². The van der Waals surface area contributed by atoms with Crippen LogP contribution in [-0.2, 0) is 6.42 Å². The van der Waals surface area contributed by atoms with E-state index in [1.165, 1.54) is 16.7 Å². The first-order valence-corrected chi connectivity index (χ1v) is 7.40. The van der Waals surface area contributed by atoms with Gasteiger partial charge in [-0.15, -0.1) is 11.3 Å². The van der Waals surface area contributed by atoms with Crippen LogP contribution in [0.2, 0.25) is 0 Å². The molecule has 0 bridgehead atoms. The minimum atomic E-state index is 0.893. The number of hydrogen-bond acceptors (Lipinski definition) is 4. The van der Waals surface area contributed by atoms with Crippen molar-refractivity contribution in [2.75, 3.05) is 13.1 Å². The Balaban J connectivity index is 1.94. The molecule has 2 heterocycles. The Labute approximate surface area is 117 Å². The highest BCUT2D eigenvalue weighted by Crippen LogP contribution is 2.28. The summed E-state index contributed by atoms with van der Waals surface area (Å²) in [5.41, 5.74) is 4.98. The van der Waals surface area contributed by atoms with Gasteiger partial charge in [0, 0.05) is 29.6 Å². The van der Waals surface area contributed by atoms with Gasteiger partial charge in [0.1, 0.15) is 10.8 Å². The summed E-state index contributed by atoms with van der Waals surface area (Å²) in [6, 6.07) is 6.45. The van der Waals surface area contributed by atoms with Gasteiger partial charge in [-0.25, -0.2) is 4.98 Å². The summed E-state index contributed by atoms with van der Waals surface area (Å²) < 4.78 is 0. The molecular formula is C15H17N3S. The predicted molar refractivity (Wildman–Crippen MR) is 81.0 cm³/mol. The van der Waals surface area contributed by atoms with Crippen molar-refractivity contribution in [3.05, 3.63) is 40.4 Å². The number of benzene rings is 1. The van der Waals surface area contributed by atoms with Gasteiger partial charge in [0.2, 0.25) is 0 Å². The average molecular weight is 271 g/mol. The maximum atomic E-state index is 4.59. The van der Waals surface area contributed by atoms with Gasteiger partial charge in [0.05, 0.1) is 6.54 Å². The number of nitrogens with zero attached hydrogens (tertiary/aromatic N) is 2. The molecule has 0 saturated heterocycles. The highest BCUT2D eigenvalue weighted by atomic mass is 32.1. The number of nitrogens with one attached hydrogen (secondary N) is 1. The van der Waals surface area contributed by atoms with Crippen molar-refractivity contribution < 1.29 is 0 Å². The summed E-state index contributed by atoms with van der Waals surface area (Å²) in [5, 5.41) is 6.54. The molecule has 0 radical (unpaired) electrons. The molecule has 0 atom stereocenters. The molecule has 98 valence electrons. The van der Waals surface area contributed by atoms with Crippen molar-refractivity contribution in [3.63, 3.8) is 0 Å². The molecule has 1 aliphatic heterocycles. The Bertz CT molecular complexity index is 628. The number of aromatic nitrogens is 1. The molecule has 0 aliphatic carbocycles. The van der Waals surface area contributed by atoms with Gasteiger partial charge in [-0.05, 0) is 25.0 Å². The number of thiazole rings is 1. The molecular weight excluding hydrogens is 254 g/mol. The first kappa shape index (κ1) is 12.4. The third-order valence-corrected chi connectivity index (χ3v) is 4.39. The lowest BCUT2D eigenvalue weighted by Crippen LogP contribution is -2.20. The summed E-state index contributed by atoms with van der Waals surface area (Å²) in [6.07, 6.45) is 0.893. The third kappa shape index (κ3) is 2.54. The van der Waals surface area contributed by atoms with Gasteiger partial charge in [-0.1, -0.05) is 18.2 Å². The monoisotopic (exact) mass is 271 g/mol. The molecule has 1 N–H and O–H groups in total. The SMILES string of the molecule is Cc1csc(-c2cccc(CC3=NCCN3)c2C)n1. The minimum Gasteiger partial charge on any atom is -0.372 e. The van der Waals surface area contributed by atoms with Crippen LogP contribution in [0.25, 0.3) is 10.6 Å². The van der Waals surface area contributed by atoms with Crippen molar-refractivity contribution in [1.82, 2.24) is 10.3 Å². The molecule has 4 heteroatoms. The molecule has 19 heavy (non-hydrogen) atoms. The Hall–Kier alpha value is -1.68. The van der Waals surface area contributed by atoms with Crippen molar-refractivity contribution in [3.8, 4) is 10.6 Å². The van der Waals surface area contributed by atoms with Crippen LogP contribution < -0.4 is 5.32 Å². The van der Waals surface area contributed by atoms with Gasteiger partial charge < -0.3 is 5.32 Å². The van der Waals surface area contributed by atoms with Crippen LogP contribution in [-0.4, -0.2) is 23.9 Å². The lowest BCUT2D eigenvalue weighted by atomic mass is 10.00. The van der Waals surface area contributed by atoms with Crippen LogP contribution in [0.4, 0.5) is 0 Å². The molecule has 0 spiro atoms. The van der Waals surface area contributed by atoms with Crippen LogP contribution in [0.3, 0.4) is 0 Å². The van der Waals surface area contributed by atoms with Crippen molar-refractivity contribution in [2.45, 2.75) is 20.3 Å². The molecule has 0 amide bonds. The van der Waals surface area contributed by atoms with Crippen LogP contribution in [0.5, 0.6) is 0 Å². The van der Waals surface area contributed by atoms with Crippen molar-refractivity contribution >= 4 is 17.2 Å². The van der Waals surface area contributed by atoms with Crippen molar-refractivity contribution in [2.24, 2.45) is 4.99 Å².